The van der Waals surface area contributed by atoms with Crippen molar-refractivity contribution in [1.82, 2.24) is 14.5 Å². The van der Waals surface area contributed by atoms with Crippen molar-refractivity contribution in [2.45, 2.75) is 59.1 Å². The molecular formula is C63H55IrN3OSi-2. The molecule has 4 nitrogen and oxygen atoms in total. The summed E-state index contributed by atoms with van der Waals surface area (Å²) >= 11 is 0. The maximum Gasteiger partial charge on any atom is 0.121 e. The van der Waals surface area contributed by atoms with Crippen molar-refractivity contribution < 1.29 is 27.3 Å². The summed E-state index contributed by atoms with van der Waals surface area (Å²) in [5, 5.41) is 3.45. The Labute approximate surface area is 423 Å². The predicted molar refractivity (Wildman–Crippen MR) is 289 cm³/mol. The Morgan fingerprint density at radius 1 is 0.565 bits per heavy atom. The molecule has 0 aliphatic carbocycles. The fourth-order valence-corrected chi connectivity index (χ4v) is 10.2. The Morgan fingerprint density at radius 3 is 1.81 bits per heavy atom. The van der Waals surface area contributed by atoms with Crippen LogP contribution in [0.1, 0.15) is 53.4 Å². The fraction of sp³-hybridized carbons (Fsp3) is 0.143. The SMILES string of the molecule is [2H]C(C)(C)c1cc(-c2ccc(-c3ccc([Si](C)(C)C)cc3)cc2)cc(C([2H])(C)C)c1-n1c(-c2[c-]ccc3c2oc2cc(-c4ccccc4)ccc23)nc2ccccc21.[Ir].[c-]1ccccc1-c1ccccn1. The molecule has 69 heavy (non-hydrogen) atoms. The van der Waals surface area contributed by atoms with Crippen LogP contribution in [0.3, 0.4) is 0 Å². The molecule has 0 amide bonds. The number of imidazole rings is 1. The van der Waals surface area contributed by atoms with Crippen LogP contribution in [0.2, 0.25) is 19.6 Å². The van der Waals surface area contributed by atoms with Crippen molar-refractivity contribution in [3.63, 3.8) is 0 Å². The van der Waals surface area contributed by atoms with Gasteiger partial charge in [-0.2, -0.15) is 0 Å². The minimum absolute atomic E-state index is 0. The van der Waals surface area contributed by atoms with Crippen LogP contribution in [0.4, 0.5) is 0 Å². The Bertz CT molecular complexity index is 3560. The summed E-state index contributed by atoms with van der Waals surface area (Å²) in [6.45, 7) is 14.8. The van der Waals surface area contributed by atoms with Gasteiger partial charge in [-0.3, -0.25) is 4.98 Å². The molecule has 3 heterocycles. The Kier molecular flexibility index (Phi) is 12.9. The Morgan fingerprint density at radius 2 is 1.17 bits per heavy atom. The molecule has 11 rings (SSSR count). The molecule has 3 aromatic heterocycles. The second-order valence-electron chi connectivity index (χ2n) is 18.8. The molecule has 0 unspecified atom stereocenters. The van der Waals surface area contributed by atoms with Crippen LogP contribution in [0, 0.1) is 12.1 Å². The van der Waals surface area contributed by atoms with E-state index in [9.17, 15) is 2.74 Å². The summed E-state index contributed by atoms with van der Waals surface area (Å²) in [7, 11) is -1.39. The molecule has 8 aromatic carbocycles. The van der Waals surface area contributed by atoms with Gasteiger partial charge in [0.2, 0.25) is 0 Å². The number of nitrogens with zero attached hydrogens (tertiary/aromatic N) is 3. The summed E-state index contributed by atoms with van der Waals surface area (Å²) in [5.41, 5.74) is 14.9. The molecule has 11 aromatic rings. The normalized spacial score (nSPS) is 12.3. The first-order valence-corrected chi connectivity index (χ1v) is 26.8. The quantitative estimate of drug-likeness (QED) is 0.107. The van der Waals surface area contributed by atoms with E-state index in [0.29, 0.717) is 11.4 Å². The third kappa shape index (κ3) is 9.58. The topological polar surface area (TPSA) is 43.9 Å². The van der Waals surface area contributed by atoms with Gasteiger partial charge in [-0.1, -0.05) is 179 Å². The van der Waals surface area contributed by atoms with E-state index in [1.807, 2.05) is 113 Å². The van der Waals surface area contributed by atoms with Crippen molar-refractivity contribution in [2.24, 2.45) is 0 Å². The second-order valence-corrected chi connectivity index (χ2v) is 23.9. The largest absolute Gasteiger partial charge is 0.501 e. The zero-order valence-electron chi connectivity index (χ0n) is 42.1. The van der Waals surface area contributed by atoms with Crippen LogP contribution in [0.25, 0.3) is 94.7 Å². The average molecular weight is 1090 g/mol. The molecular weight excluding hydrogens is 1040 g/mol. The number of hydrogen-bond acceptors (Lipinski definition) is 3. The van der Waals surface area contributed by atoms with Gasteiger partial charge in [0, 0.05) is 40.1 Å². The first kappa shape index (κ1) is 44.5. The van der Waals surface area contributed by atoms with Crippen LogP contribution in [0.15, 0.2) is 199 Å². The molecule has 0 atom stereocenters. The summed E-state index contributed by atoms with van der Waals surface area (Å²) in [4.78, 5) is 9.50. The zero-order chi connectivity index (χ0) is 48.8. The monoisotopic (exact) mass is 1090 g/mol. The van der Waals surface area contributed by atoms with E-state index in [2.05, 4.69) is 144 Å². The summed E-state index contributed by atoms with van der Waals surface area (Å²) in [6.07, 6.45) is 1.79. The molecule has 6 heteroatoms. The predicted octanol–water partition coefficient (Wildman–Crippen LogP) is 16.7. The van der Waals surface area contributed by atoms with Gasteiger partial charge in [0.25, 0.3) is 0 Å². The number of fused-ring (bicyclic) bond motifs is 4. The number of aromatic nitrogens is 3. The van der Waals surface area contributed by atoms with Gasteiger partial charge < -0.3 is 14.0 Å². The molecule has 0 saturated carbocycles. The molecule has 0 N–H and O–H groups in total. The fourth-order valence-electron chi connectivity index (χ4n) is 9.03. The minimum Gasteiger partial charge on any atom is -0.501 e. The van der Waals surface area contributed by atoms with Crippen LogP contribution in [0.5, 0.6) is 0 Å². The van der Waals surface area contributed by atoms with Gasteiger partial charge in [0.1, 0.15) is 5.58 Å². The van der Waals surface area contributed by atoms with Crippen LogP contribution >= 0.6 is 0 Å². The van der Waals surface area contributed by atoms with Gasteiger partial charge in [-0.15, -0.1) is 54.1 Å². The summed E-state index contributed by atoms with van der Waals surface area (Å²) < 4.78 is 28.2. The molecule has 0 bridgehead atoms. The van der Waals surface area contributed by atoms with E-state index in [1.54, 1.807) is 6.20 Å². The van der Waals surface area contributed by atoms with Crippen molar-refractivity contribution in [3.8, 4) is 61.7 Å². The third-order valence-electron chi connectivity index (χ3n) is 12.7. The first-order valence-electron chi connectivity index (χ1n) is 24.3. The number of hydrogen-bond donors (Lipinski definition) is 0. The Balaban J connectivity index is 0.000000418. The van der Waals surface area contributed by atoms with E-state index < -0.39 is 19.9 Å². The second kappa shape index (κ2) is 19.9. The van der Waals surface area contributed by atoms with E-state index in [4.69, 9.17) is 9.40 Å². The van der Waals surface area contributed by atoms with Crippen LogP contribution in [-0.2, 0) is 20.1 Å². The van der Waals surface area contributed by atoms with Gasteiger partial charge in [0.05, 0.1) is 30.5 Å². The van der Waals surface area contributed by atoms with E-state index in [0.717, 1.165) is 88.8 Å². The van der Waals surface area contributed by atoms with Crippen molar-refractivity contribution in [1.29, 1.82) is 0 Å². The number of para-hydroxylation sites is 2. The van der Waals surface area contributed by atoms with Gasteiger partial charge in [0.15, 0.2) is 0 Å². The van der Waals surface area contributed by atoms with E-state index in [1.165, 1.54) is 10.8 Å². The smallest absolute Gasteiger partial charge is 0.121 e. The Hall–Kier alpha value is -6.95. The molecule has 1 radical (unpaired) electrons. The third-order valence-corrected chi connectivity index (χ3v) is 14.8. The van der Waals surface area contributed by atoms with Gasteiger partial charge >= 0.3 is 0 Å². The standard InChI is InChI=1S/C52H47N2OSi.C11H8N.Ir/c1-33(2)45-30-40(38-22-20-36(21-23-38)37-24-27-41(28-25-37)56(5,6)7)31-46(34(3)4)50(45)54-48-19-12-11-18-47(48)53-52(54)44-17-13-16-43-42-29-26-39(32-49(42)55-51(43)44)35-14-9-8-10-15-35;1-2-6-10(7-3-1)11-8-4-5-9-12-11;/h8-16,18-34H,1-7H3;1-6,8-9H;/q2*-1;/i33D,34D;;. The summed E-state index contributed by atoms with van der Waals surface area (Å²) in [5.74, 6) is -1.41. The number of furan rings is 1. The van der Waals surface area contributed by atoms with Crippen LogP contribution < -0.4 is 5.19 Å². The average Bonchev–Trinajstić information content (AvgIpc) is 3.95. The van der Waals surface area contributed by atoms with E-state index >= 15 is 0 Å². The van der Waals surface area contributed by atoms with Crippen molar-refractivity contribution in [2.75, 3.05) is 0 Å². The maximum atomic E-state index is 9.64. The first-order chi connectivity index (χ1) is 33.6. The van der Waals surface area contributed by atoms with Crippen molar-refractivity contribution >= 4 is 46.2 Å². The molecule has 0 spiro atoms. The van der Waals surface area contributed by atoms with Crippen molar-refractivity contribution in [3.05, 3.63) is 218 Å². The molecule has 343 valence electrons. The number of rotatable bonds is 9. The molecule has 0 fully saturated rings. The molecule has 0 saturated heterocycles. The zero-order valence-corrected chi connectivity index (χ0v) is 43.5. The van der Waals surface area contributed by atoms with Gasteiger partial charge in [-0.05, 0) is 98.4 Å². The molecule has 0 aliphatic heterocycles. The molecule has 0 aliphatic rings. The summed E-state index contributed by atoms with van der Waals surface area (Å²) in [6, 6.07) is 71.2. The number of pyridine rings is 1. The maximum absolute atomic E-state index is 9.64. The van der Waals surface area contributed by atoms with Crippen LogP contribution in [-0.4, -0.2) is 22.6 Å². The van der Waals surface area contributed by atoms with Gasteiger partial charge in [-0.25, -0.2) is 0 Å². The number of benzene rings is 8. The van der Waals surface area contributed by atoms with E-state index in [-0.39, 0.29) is 20.1 Å². The minimum atomic E-state index is -1.39.